The van der Waals surface area contributed by atoms with Crippen LogP contribution in [-0.4, -0.2) is 44.4 Å². The summed E-state index contributed by atoms with van der Waals surface area (Å²) in [5, 5.41) is 5.76. The molecule has 2 N–H and O–H groups in total. The Bertz CT molecular complexity index is 896. The number of halogens is 3. The van der Waals surface area contributed by atoms with Gasteiger partial charge in [-0.05, 0) is 42.3 Å². The number of nitrogens with zero attached hydrogens (tertiary/aromatic N) is 1. The van der Waals surface area contributed by atoms with Crippen molar-refractivity contribution in [2.24, 2.45) is 0 Å². The predicted molar refractivity (Wildman–Crippen MR) is 118 cm³/mol. The number of alkyl halides is 1. The van der Waals surface area contributed by atoms with Gasteiger partial charge in [-0.15, -0.1) is 12.4 Å². The first kappa shape index (κ1) is 24.6. The Balaban J connectivity index is 0.00000341. The van der Waals surface area contributed by atoms with Gasteiger partial charge >= 0.3 is 6.09 Å². The smallest absolute Gasteiger partial charge is 0.414 e. The Hall–Kier alpha value is -2.71. The zero-order valence-corrected chi connectivity index (χ0v) is 18.0. The summed E-state index contributed by atoms with van der Waals surface area (Å²) in [6, 6.07) is 12.1. The van der Waals surface area contributed by atoms with Gasteiger partial charge in [-0.3, -0.25) is 14.1 Å². The lowest BCUT2D eigenvalue weighted by molar-refractivity contribution is -0.119. The Morgan fingerprint density at radius 2 is 1.97 bits per heavy atom. The number of rotatable bonds is 9. The summed E-state index contributed by atoms with van der Waals surface area (Å²) in [4.78, 5) is 24.5. The van der Waals surface area contributed by atoms with Gasteiger partial charge in [0.25, 0.3) is 0 Å². The number of anilines is 1. The van der Waals surface area contributed by atoms with E-state index in [1.54, 1.807) is 12.1 Å². The first-order valence-corrected chi connectivity index (χ1v) is 9.86. The van der Waals surface area contributed by atoms with Gasteiger partial charge in [0, 0.05) is 19.0 Å². The highest BCUT2D eigenvalue weighted by atomic mass is 35.5. The third-order valence-corrected chi connectivity index (χ3v) is 4.80. The SMILES string of the molecule is CC(=O)NC[C@H]1CN(c2ccc(-c3ccc(CNCCCF)cc3)c(F)c2)C(=O)O1.Cl. The second kappa shape index (κ2) is 11.6. The molecule has 1 saturated heterocycles. The van der Waals surface area contributed by atoms with E-state index >= 15 is 0 Å². The molecule has 0 unspecified atom stereocenters. The van der Waals surface area contributed by atoms with Gasteiger partial charge in [0.05, 0.1) is 25.5 Å². The van der Waals surface area contributed by atoms with E-state index in [1.807, 2.05) is 24.3 Å². The van der Waals surface area contributed by atoms with Crippen molar-refractivity contribution in [1.82, 2.24) is 10.6 Å². The van der Waals surface area contributed by atoms with E-state index in [4.69, 9.17) is 4.74 Å². The molecule has 0 saturated carbocycles. The van der Waals surface area contributed by atoms with Crippen LogP contribution in [0.15, 0.2) is 42.5 Å². The molecule has 9 heteroatoms. The van der Waals surface area contributed by atoms with Gasteiger partial charge in [0.1, 0.15) is 11.9 Å². The fourth-order valence-electron chi connectivity index (χ4n) is 3.23. The highest BCUT2D eigenvalue weighted by Gasteiger charge is 2.32. The Morgan fingerprint density at radius 3 is 2.61 bits per heavy atom. The number of amides is 2. The molecular formula is C22H26ClF2N3O3. The Labute approximate surface area is 186 Å². The average molecular weight is 454 g/mol. The van der Waals surface area contributed by atoms with Crippen LogP contribution in [0.25, 0.3) is 11.1 Å². The normalized spacial score (nSPS) is 15.4. The molecule has 0 bridgehead atoms. The van der Waals surface area contributed by atoms with E-state index in [-0.39, 0.29) is 38.1 Å². The number of carbonyl (C=O) groups is 2. The van der Waals surface area contributed by atoms with Crippen LogP contribution >= 0.6 is 12.4 Å². The zero-order valence-electron chi connectivity index (χ0n) is 17.2. The largest absolute Gasteiger partial charge is 0.442 e. The molecule has 31 heavy (non-hydrogen) atoms. The second-order valence-corrected chi connectivity index (χ2v) is 7.13. The lowest BCUT2D eigenvalue weighted by Crippen LogP contribution is -2.33. The van der Waals surface area contributed by atoms with Gasteiger partial charge in [-0.2, -0.15) is 0 Å². The van der Waals surface area contributed by atoms with Crippen molar-refractivity contribution in [1.29, 1.82) is 0 Å². The third kappa shape index (κ3) is 6.63. The van der Waals surface area contributed by atoms with E-state index in [1.165, 1.54) is 17.9 Å². The number of hydrogen-bond acceptors (Lipinski definition) is 4. The summed E-state index contributed by atoms with van der Waals surface area (Å²) in [5.74, 6) is -0.652. The van der Waals surface area contributed by atoms with E-state index in [0.717, 1.165) is 11.1 Å². The summed E-state index contributed by atoms with van der Waals surface area (Å²) >= 11 is 0. The molecule has 168 valence electrons. The first-order valence-electron chi connectivity index (χ1n) is 9.86. The number of carbonyl (C=O) groups excluding carboxylic acids is 2. The van der Waals surface area contributed by atoms with Crippen molar-refractivity contribution in [2.75, 3.05) is 31.2 Å². The molecule has 2 aromatic rings. The van der Waals surface area contributed by atoms with Crippen LogP contribution in [-0.2, 0) is 16.1 Å². The summed E-state index contributed by atoms with van der Waals surface area (Å²) in [6.45, 7) is 2.73. The topological polar surface area (TPSA) is 70.7 Å². The molecule has 0 aromatic heterocycles. The van der Waals surface area contributed by atoms with Crippen molar-refractivity contribution >= 4 is 30.1 Å². The van der Waals surface area contributed by atoms with Crippen LogP contribution in [0.4, 0.5) is 19.3 Å². The minimum absolute atomic E-state index is 0. The molecule has 6 nitrogen and oxygen atoms in total. The molecule has 1 aliphatic heterocycles. The van der Waals surface area contributed by atoms with Gasteiger partial charge in [0.2, 0.25) is 5.91 Å². The number of benzene rings is 2. The monoisotopic (exact) mass is 453 g/mol. The number of cyclic esters (lactones) is 1. The highest BCUT2D eigenvalue weighted by molar-refractivity contribution is 5.90. The van der Waals surface area contributed by atoms with E-state index < -0.39 is 18.0 Å². The van der Waals surface area contributed by atoms with Gasteiger partial charge in [-0.1, -0.05) is 24.3 Å². The maximum atomic E-state index is 14.8. The fraction of sp³-hybridized carbons (Fsp3) is 0.364. The van der Waals surface area contributed by atoms with E-state index in [2.05, 4.69) is 10.6 Å². The molecule has 1 fully saturated rings. The van der Waals surface area contributed by atoms with Crippen LogP contribution in [0.5, 0.6) is 0 Å². The minimum Gasteiger partial charge on any atom is -0.442 e. The van der Waals surface area contributed by atoms with Gasteiger partial charge < -0.3 is 15.4 Å². The van der Waals surface area contributed by atoms with Crippen molar-refractivity contribution in [3.05, 3.63) is 53.8 Å². The van der Waals surface area contributed by atoms with Crippen LogP contribution in [0.2, 0.25) is 0 Å². The molecule has 1 atom stereocenters. The number of ether oxygens (including phenoxy) is 1. The quantitative estimate of drug-likeness (QED) is 0.566. The lowest BCUT2D eigenvalue weighted by Gasteiger charge is -2.15. The van der Waals surface area contributed by atoms with Crippen LogP contribution < -0.4 is 15.5 Å². The molecule has 3 rings (SSSR count). The van der Waals surface area contributed by atoms with E-state index in [0.29, 0.717) is 30.8 Å². The maximum absolute atomic E-state index is 14.8. The van der Waals surface area contributed by atoms with Crippen LogP contribution in [0.3, 0.4) is 0 Å². The predicted octanol–water partition coefficient (Wildman–Crippen LogP) is 3.83. The number of nitrogens with one attached hydrogen (secondary N) is 2. The molecule has 0 spiro atoms. The standard InChI is InChI=1S/C22H25F2N3O3.ClH/c1-15(28)26-13-19-14-27(22(29)30-19)18-7-8-20(21(24)11-18)17-5-3-16(4-6-17)12-25-10-2-9-23;/h3-8,11,19,25H,2,9-10,12-14H2,1H3,(H,26,28);1H/t19-;/m0./s1. The summed E-state index contributed by atoms with van der Waals surface area (Å²) in [5.41, 5.74) is 2.58. The molecule has 1 aliphatic rings. The molecule has 2 aromatic carbocycles. The average Bonchev–Trinajstić information content (AvgIpc) is 3.11. The molecule has 1 heterocycles. The number of hydrogen-bond donors (Lipinski definition) is 2. The molecule has 2 amide bonds. The summed E-state index contributed by atoms with van der Waals surface area (Å²) in [7, 11) is 0. The maximum Gasteiger partial charge on any atom is 0.414 e. The molecule has 0 radical (unpaired) electrons. The van der Waals surface area contributed by atoms with Gasteiger partial charge in [-0.25, -0.2) is 9.18 Å². The molecular weight excluding hydrogens is 428 g/mol. The minimum atomic E-state index is -0.567. The van der Waals surface area contributed by atoms with E-state index in [9.17, 15) is 18.4 Å². The lowest BCUT2D eigenvalue weighted by atomic mass is 10.0. The first-order chi connectivity index (χ1) is 14.5. The van der Waals surface area contributed by atoms with Crippen LogP contribution in [0, 0.1) is 5.82 Å². The van der Waals surface area contributed by atoms with Crippen molar-refractivity contribution in [2.45, 2.75) is 26.0 Å². The highest BCUT2D eigenvalue weighted by Crippen LogP contribution is 2.29. The van der Waals surface area contributed by atoms with Crippen LogP contribution in [0.1, 0.15) is 18.9 Å². The summed E-state index contributed by atoms with van der Waals surface area (Å²) in [6.07, 6.45) is -0.564. The van der Waals surface area contributed by atoms with Gasteiger partial charge in [0.15, 0.2) is 0 Å². The second-order valence-electron chi connectivity index (χ2n) is 7.13. The fourth-order valence-corrected chi connectivity index (χ4v) is 3.23. The Morgan fingerprint density at radius 1 is 1.23 bits per heavy atom. The third-order valence-electron chi connectivity index (χ3n) is 4.80. The zero-order chi connectivity index (χ0) is 21.5. The van der Waals surface area contributed by atoms with Crippen molar-refractivity contribution < 1.29 is 23.1 Å². The summed E-state index contributed by atoms with van der Waals surface area (Å²) < 4.78 is 32.1. The Kier molecular flexibility index (Phi) is 9.21. The van der Waals surface area contributed by atoms with Crippen molar-refractivity contribution in [3.8, 4) is 11.1 Å². The van der Waals surface area contributed by atoms with Crippen molar-refractivity contribution in [3.63, 3.8) is 0 Å². The molecule has 0 aliphatic carbocycles.